The third-order valence-corrected chi connectivity index (χ3v) is 3.21. The standard InChI is InChI=1S/C17H14N4O4/c1-12(13-6-8-15(9-7-13)21(23)24)19-20-17(22)11-25-16-5-3-2-4-14(16)10-18/h2-9H,11H2,1H3,(H,20,22)/b19-12-. The van der Waals surface area contributed by atoms with E-state index in [0.29, 0.717) is 22.6 Å². The van der Waals surface area contributed by atoms with E-state index in [1.807, 2.05) is 6.07 Å². The van der Waals surface area contributed by atoms with Gasteiger partial charge in [0.05, 0.1) is 16.2 Å². The maximum absolute atomic E-state index is 11.8. The summed E-state index contributed by atoms with van der Waals surface area (Å²) in [5, 5.41) is 23.5. The van der Waals surface area contributed by atoms with Crippen molar-refractivity contribution in [2.45, 2.75) is 6.92 Å². The molecule has 0 aromatic heterocycles. The van der Waals surface area contributed by atoms with Gasteiger partial charge in [-0.2, -0.15) is 10.4 Å². The summed E-state index contributed by atoms with van der Waals surface area (Å²) in [4.78, 5) is 21.9. The van der Waals surface area contributed by atoms with Crippen molar-refractivity contribution in [2.75, 3.05) is 6.61 Å². The van der Waals surface area contributed by atoms with Crippen LogP contribution in [0.5, 0.6) is 5.75 Å². The SMILES string of the molecule is C/C(=N/NC(=O)COc1ccccc1C#N)c1ccc([N+](=O)[O-])cc1. The van der Waals surface area contributed by atoms with Gasteiger partial charge in [-0.25, -0.2) is 5.43 Å². The van der Waals surface area contributed by atoms with Crippen LogP contribution in [0.3, 0.4) is 0 Å². The Morgan fingerprint density at radius 3 is 2.60 bits per heavy atom. The molecule has 0 saturated carbocycles. The van der Waals surface area contributed by atoms with Crippen LogP contribution in [-0.2, 0) is 4.79 Å². The molecule has 0 spiro atoms. The average Bonchev–Trinajstić information content (AvgIpc) is 2.64. The molecule has 0 atom stereocenters. The average molecular weight is 338 g/mol. The lowest BCUT2D eigenvalue weighted by Crippen LogP contribution is -2.25. The molecule has 0 unspecified atom stereocenters. The second-order valence-corrected chi connectivity index (χ2v) is 4.93. The van der Waals surface area contributed by atoms with E-state index < -0.39 is 10.8 Å². The second kappa shape index (κ2) is 8.21. The van der Waals surface area contributed by atoms with Crippen molar-refractivity contribution in [3.63, 3.8) is 0 Å². The van der Waals surface area contributed by atoms with E-state index in [9.17, 15) is 14.9 Å². The Labute approximate surface area is 143 Å². The molecule has 0 saturated heterocycles. The molecular weight excluding hydrogens is 324 g/mol. The molecule has 0 aliphatic heterocycles. The minimum atomic E-state index is -0.492. The predicted molar refractivity (Wildman–Crippen MR) is 90.1 cm³/mol. The Morgan fingerprint density at radius 1 is 1.28 bits per heavy atom. The molecule has 0 fully saturated rings. The fourth-order valence-corrected chi connectivity index (χ4v) is 1.90. The first-order chi connectivity index (χ1) is 12.0. The lowest BCUT2D eigenvalue weighted by molar-refractivity contribution is -0.384. The smallest absolute Gasteiger partial charge is 0.277 e. The highest BCUT2D eigenvalue weighted by Crippen LogP contribution is 2.16. The lowest BCUT2D eigenvalue weighted by atomic mass is 10.1. The van der Waals surface area contributed by atoms with Gasteiger partial charge in [0.25, 0.3) is 11.6 Å². The van der Waals surface area contributed by atoms with E-state index in [2.05, 4.69) is 10.5 Å². The number of nitrogens with zero attached hydrogens (tertiary/aromatic N) is 3. The molecular formula is C17H14N4O4. The highest BCUT2D eigenvalue weighted by atomic mass is 16.6. The van der Waals surface area contributed by atoms with Gasteiger partial charge in [-0.15, -0.1) is 0 Å². The molecule has 8 nitrogen and oxygen atoms in total. The van der Waals surface area contributed by atoms with Crippen LogP contribution in [0.4, 0.5) is 5.69 Å². The van der Waals surface area contributed by atoms with Crippen molar-refractivity contribution >= 4 is 17.3 Å². The van der Waals surface area contributed by atoms with Crippen molar-refractivity contribution in [3.8, 4) is 11.8 Å². The van der Waals surface area contributed by atoms with Crippen LogP contribution in [0, 0.1) is 21.4 Å². The first-order valence-electron chi connectivity index (χ1n) is 7.21. The fourth-order valence-electron chi connectivity index (χ4n) is 1.90. The van der Waals surface area contributed by atoms with Gasteiger partial charge in [0.1, 0.15) is 11.8 Å². The Hall–Kier alpha value is -3.73. The number of hydrogen-bond acceptors (Lipinski definition) is 6. The third-order valence-electron chi connectivity index (χ3n) is 3.21. The predicted octanol–water partition coefficient (Wildman–Crippen LogP) is 2.39. The van der Waals surface area contributed by atoms with Crippen LogP contribution in [0.15, 0.2) is 53.6 Å². The first-order valence-corrected chi connectivity index (χ1v) is 7.21. The zero-order valence-corrected chi connectivity index (χ0v) is 13.3. The van der Waals surface area contributed by atoms with Crippen molar-refractivity contribution in [3.05, 3.63) is 69.8 Å². The monoisotopic (exact) mass is 338 g/mol. The van der Waals surface area contributed by atoms with E-state index in [-0.39, 0.29) is 12.3 Å². The summed E-state index contributed by atoms with van der Waals surface area (Å²) in [6.07, 6.45) is 0. The van der Waals surface area contributed by atoms with Crippen LogP contribution >= 0.6 is 0 Å². The molecule has 0 radical (unpaired) electrons. The van der Waals surface area contributed by atoms with Gasteiger partial charge in [0.2, 0.25) is 0 Å². The fraction of sp³-hybridized carbons (Fsp3) is 0.118. The first kappa shape index (κ1) is 17.6. The highest BCUT2D eigenvalue weighted by Gasteiger charge is 2.07. The van der Waals surface area contributed by atoms with Gasteiger partial charge >= 0.3 is 0 Å². The second-order valence-electron chi connectivity index (χ2n) is 4.93. The third kappa shape index (κ3) is 4.87. The summed E-state index contributed by atoms with van der Waals surface area (Å²) in [6, 6.07) is 14.4. The van der Waals surface area contributed by atoms with Gasteiger partial charge in [-0.05, 0) is 36.8 Å². The van der Waals surface area contributed by atoms with E-state index >= 15 is 0 Å². The summed E-state index contributed by atoms with van der Waals surface area (Å²) in [5.74, 6) is -0.176. The number of amides is 1. The Bertz CT molecular complexity index is 854. The number of rotatable bonds is 6. The van der Waals surface area contributed by atoms with E-state index in [4.69, 9.17) is 10.00 Å². The molecule has 0 heterocycles. The number of carbonyl (C=O) groups is 1. The highest BCUT2D eigenvalue weighted by molar-refractivity contribution is 5.99. The summed E-state index contributed by atoms with van der Waals surface area (Å²) in [6.45, 7) is 1.36. The molecule has 8 heteroatoms. The number of hydrogen-bond donors (Lipinski definition) is 1. The van der Waals surface area contributed by atoms with Crippen molar-refractivity contribution in [1.82, 2.24) is 5.43 Å². The Balaban J connectivity index is 1.93. The molecule has 126 valence electrons. The van der Waals surface area contributed by atoms with E-state index in [1.54, 1.807) is 43.3 Å². The molecule has 1 N–H and O–H groups in total. The van der Waals surface area contributed by atoms with Crippen LogP contribution in [0.2, 0.25) is 0 Å². The minimum Gasteiger partial charge on any atom is -0.482 e. The Morgan fingerprint density at radius 2 is 1.96 bits per heavy atom. The summed E-state index contributed by atoms with van der Waals surface area (Å²) in [5.41, 5.74) is 3.77. The van der Waals surface area contributed by atoms with Gasteiger partial charge in [-0.1, -0.05) is 12.1 Å². The van der Waals surface area contributed by atoms with Crippen molar-refractivity contribution < 1.29 is 14.5 Å². The lowest BCUT2D eigenvalue weighted by Gasteiger charge is -2.07. The van der Waals surface area contributed by atoms with Crippen molar-refractivity contribution in [1.29, 1.82) is 5.26 Å². The molecule has 1 amide bonds. The quantitative estimate of drug-likeness (QED) is 0.493. The number of para-hydroxylation sites is 1. The Kier molecular flexibility index (Phi) is 5.79. The number of nitro groups is 1. The number of hydrazone groups is 1. The summed E-state index contributed by atoms with van der Waals surface area (Å²) >= 11 is 0. The minimum absolute atomic E-state index is 0.0230. The van der Waals surface area contributed by atoms with Gasteiger partial charge in [0, 0.05) is 12.1 Å². The zero-order valence-electron chi connectivity index (χ0n) is 13.3. The van der Waals surface area contributed by atoms with Gasteiger partial charge in [0.15, 0.2) is 6.61 Å². The largest absolute Gasteiger partial charge is 0.482 e. The maximum Gasteiger partial charge on any atom is 0.277 e. The molecule has 0 aliphatic rings. The number of benzene rings is 2. The molecule has 0 bridgehead atoms. The van der Waals surface area contributed by atoms with Crippen LogP contribution < -0.4 is 10.2 Å². The van der Waals surface area contributed by atoms with Crippen LogP contribution in [0.1, 0.15) is 18.1 Å². The van der Waals surface area contributed by atoms with Gasteiger partial charge < -0.3 is 4.74 Å². The number of ether oxygens (including phenoxy) is 1. The molecule has 0 aliphatic carbocycles. The number of non-ortho nitro benzene ring substituents is 1. The molecule has 2 rings (SSSR count). The van der Waals surface area contributed by atoms with E-state index in [0.717, 1.165) is 0 Å². The van der Waals surface area contributed by atoms with E-state index in [1.165, 1.54) is 12.1 Å². The number of carbonyl (C=O) groups excluding carboxylic acids is 1. The maximum atomic E-state index is 11.8. The molecule has 2 aromatic carbocycles. The van der Waals surface area contributed by atoms with Crippen LogP contribution in [-0.4, -0.2) is 23.1 Å². The molecule has 2 aromatic rings. The topological polar surface area (TPSA) is 118 Å². The van der Waals surface area contributed by atoms with Crippen LogP contribution in [0.25, 0.3) is 0 Å². The van der Waals surface area contributed by atoms with Crippen molar-refractivity contribution in [2.24, 2.45) is 5.10 Å². The summed E-state index contributed by atoms with van der Waals surface area (Å²) < 4.78 is 5.29. The molecule has 25 heavy (non-hydrogen) atoms. The number of nitriles is 1. The number of nitro benzene ring substituents is 1. The zero-order chi connectivity index (χ0) is 18.2. The van der Waals surface area contributed by atoms with Gasteiger partial charge in [-0.3, -0.25) is 14.9 Å². The summed E-state index contributed by atoms with van der Waals surface area (Å²) in [7, 11) is 0. The number of nitrogens with one attached hydrogen (secondary N) is 1. The normalized spacial score (nSPS) is 10.6.